The van der Waals surface area contributed by atoms with E-state index in [-0.39, 0.29) is 0 Å². The number of carbonyl (C=O) groups excluding carboxylic acids is 2. The van der Waals surface area contributed by atoms with E-state index in [0.717, 1.165) is 0 Å². The van der Waals surface area contributed by atoms with Gasteiger partial charge in [-0.15, -0.1) is 0 Å². The average molecular weight is 198 g/mol. The first-order valence-corrected chi connectivity index (χ1v) is 3.99. The van der Waals surface area contributed by atoms with Crippen molar-refractivity contribution in [3.05, 3.63) is 28.8 Å². The Bertz CT molecular complexity index is 338. The van der Waals surface area contributed by atoms with Gasteiger partial charge in [-0.25, -0.2) is 0 Å². The van der Waals surface area contributed by atoms with Crippen molar-refractivity contribution in [3.8, 4) is 0 Å². The van der Waals surface area contributed by atoms with Crippen molar-refractivity contribution < 1.29 is 9.59 Å². The molecular formula is C9H8ClNO2. The van der Waals surface area contributed by atoms with Gasteiger partial charge in [0.05, 0.1) is 5.69 Å². The maximum atomic E-state index is 10.6. The topological polar surface area (TPSA) is 37.4 Å². The highest BCUT2D eigenvalue weighted by molar-refractivity contribution is 6.31. The summed E-state index contributed by atoms with van der Waals surface area (Å²) >= 11 is 5.68. The fourth-order valence-electron chi connectivity index (χ4n) is 0.998. The van der Waals surface area contributed by atoms with Gasteiger partial charge in [-0.1, -0.05) is 11.6 Å². The molecule has 68 valence electrons. The Kier molecular flexibility index (Phi) is 3.03. The van der Waals surface area contributed by atoms with Crippen molar-refractivity contribution in [1.29, 1.82) is 0 Å². The molecule has 1 rings (SSSR count). The molecule has 3 nitrogen and oxygen atoms in total. The van der Waals surface area contributed by atoms with E-state index < -0.39 is 0 Å². The molecule has 1 aromatic carbocycles. The second kappa shape index (κ2) is 4.05. The van der Waals surface area contributed by atoms with Gasteiger partial charge in [0, 0.05) is 17.6 Å². The molecule has 0 aliphatic heterocycles. The monoisotopic (exact) mass is 197 g/mol. The Morgan fingerprint density at radius 2 is 2.08 bits per heavy atom. The molecule has 0 N–H and O–H groups in total. The first-order chi connectivity index (χ1) is 6.19. The molecule has 0 saturated heterocycles. The minimum Gasteiger partial charge on any atom is -0.317 e. The van der Waals surface area contributed by atoms with Crippen LogP contribution < -0.4 is 4.90 Å². The smallest absolute Gasteiger partial charge is 0.213 e. The van der Waals surface area contributed by atoms with Gasteiger partial charge >= 0.3 is 0 Å². The molecule has 0 atom stereocenters. The normalized spacial score (nSPS) is 9.38. The molecule has 0 spiro atoms. The maximum absolute atomic E-state index is 10.6. The number of benzene rings is 1. The standard InChI is InChI=1S/C9H8ClNO2/c1-11(6-13)9-3-2-8(10)4-7(9)5-12/h2-6H,1H3. The van der Waals surface area contributed by atoms with Crippen LogP contribution >= 0.6 is 11.6 Å². The van der Waals surface area contributed by atoms with Crippen LogP contribution in [0.3, 0.4) is 0 Å². The van der Waals surface area contributed by atoms with Gasteiger partial charge in [0.15, 0.2) is 6.29 Å². The number of hydrogen-bond donors (Lipinski definition) is 0. The first kappa shape index (κ1) is 9.74. The highest BCUT2D eigenvalue weighted by Crippen LogP contribution is 2.20. The van der Waals surface area contributed by atoms with Gasteiger partial charge in [0.25, 0.3) is 0 Å². The summed E-state index contributed by atoms with van der Waals surface area (Å²) < 4.78 is 0. The van der Waals surface area contributed by atoms with Gasteiger partial charge in [0.2, 0.25) is 6.41 Å². The van der Waals surface area contributed by atoms with Crippen LogP contribution in [0.25, 0.3) is 0 Å². The number of hydrogen-bond acceptors (Lipinski definition) is 2. The van der Waals surface area contributed by atoms with Crippen molar-refractivity contribution in [2.24, 2.45) is 0 Å². The number of halogens is 1. The third kappa shape index (κ3) is 2.06. The summed E-state index contributed by atoms with van der Waals surface area (Å²) in [6.45, 7) is 0. The molecule has 13 heavy (non-hydrogen) atoms. The van der Waals surface area contributed by atoms with E-state index in [0.29, 0.717) is 29.0 Å². The molecule has 0 aliphatic carbocycles. The van der Waals surface area contributed by atoms with Crippen molar-refractivity contribution in [2.45, 2.75) is 0 Å². The van der Waals surface area contributed by atoms with Crippen LogP contribution in [-0.4, -0.2) is 19.7 Å². The molecule has 1 aromatic rings. The van der Waals surface area contributed by atoms with Crippen LogP contribution in [0, 0.1) is 0 Å². The lowest BCUT2D eigenvalue weighted by molar-refractivity contribution is -0.107. The van der Waals surface area contributed by atoms with Gasteiger partial charge in [0.1, 0.15) is 0 Å². The average Bonchev–Trinajstić information content (AvgIpc) is 2.16. The lowest BCUT2D eigenvalue weighted by Crippen LogP contribution is -2.15. The summed E-state index contributed by atoms with van der Waals surface area (Å²) in [7, 11) is 1.57. The SMILES string of the molecule is CN(C=O)c1ccc(Cl)cc1C=O. The second-order valence-corrected chi connectivity index (χ2v) is 2.97. The Labute approximate surface area is 80.9 Å². The molecule has 0 unspecified atom stereocenters. The van der Waals surface area contributed by atoms with Crippen molar-refractivity contribution in [2.75, 3.05) is 11.9 Å². The Morgan fingerprint density at radius 1 is 1.38 bits per heavy atom. The van der Waals surface area contributed by atoms with E-state index in [1.165, 1.54) is 11.0 Å². The Morgan fingerprint density at radius 3 is 2.62 bits per heavy atom. The summed E-state index contributed by atoms with van der Waals surface area (Å²) in [5.41, 5.74) is 0.955. The molecule has 0 bridgehead atoms. The van der Waals surface area contributed by atoms with Gasteiger partial charge in [-0.2, -0.15) is 0 Å². The third-order valence-electron chi connectivity index (χ3n) is 1.65. The molecular weight excluding hydrogens is 190 g/mol. The summed E-state index contributed by atoms with van der Waals surface area (Å²) in [6.07, 6.45) is 1.30. The predicted molar refractivity (Wildman–Crippen MR) is 51.3 cm³/mol. The highest BCUT2D eigenvalue weighted by Gasteiger charge is 2.05. The number of aldehydes is 1. The van der Waals surface area contributed by atoms with E-state index >= 15 is 0 Å². The largest absolute Gasteiger partial charge is 0.317 e. The lowest BCUT2D eigenvalue weighted by Gasteiger charge is -2.12. The van der Waals surface area contributed by atoms with Crippen LogP contribution in [0.4, 0.5) is 5.69 Å². The summed E-state index contributed by atoms with van der Waals surface area (Å²) in [5, 5.41) is 0.477. The summed E-state index contributed by atoms with van der Waals surface area (Å²) in [5.74, 6) is 0. The molecule has 0 radical (unpaired) electrons. The first-order valence-electron chi connectivity index (χ1n) is 3.62. The van der Waals surface area contributed by atoms with E-state index in [4.69, 9.17) is 11.6 Å². The fraction of sp³-hybridized carbons (Fsp3) is 0.111. The number of carbonyl (C=O) groups is 2. The number of rotatable bonds is 3. The number of anilines is 1. The second-order valence-electron chi connectivity index (χ2n) is 2.54. The van der Waals surface area contributed by atoms with Crippen LogP contribution in [0.15, 0.2) is 18.2 Å². The summed E-state index contributed by atoms with van der Waals surface area (Å²) in [4.78, 5) is 22.4. The van der Waals surface area contributed by atoms with Crippen LogP contribution in [-0.2, 0) is 4.79 Å². The molecule has 0 aromatic heterocycles. The minimum atomic E-state index is 0.405. The van der Waals surface area contributed by atoms with Gasteiger partial charge in [-0.05, 0) is 18.2 Å². The molecule has 0 fully saturated rings. The van der Waals surface area contributed by atoms with Crippen LogP contribution in [0.1, 0.15) is 10.4 Å². The van der Waals surface area contributed by atoms with E-state index in [1.807, 2.05) is 0 Å². The van der Waals surface area contributed by atoms with Crippen LogP contribution in [0.5, 0.6) is 0 Å². The molecule has 1 amide bonds. The van der Waals surface area contributed by atoms with Crippen molar-refractivity contribution >= 4 is 30.0 Å². The van der Waals surface area contributed by atoms with E-state index in [2.05, 4.69) is 0 Å². The number of amides is 1. The van der Waals surface area contributed by atoms with Gasteiger partial charge < -0.3 is 4.90 Å². The molecule has 0 saturated carbocycles. The fourth-order valence-corrected chi connectivity index (χ4v) is 1.18. The minimum absolute atomic E-state index is 0.405. The molecule has 4 heteroatoms. The van der Waals surface area contributed by atoms with Crippen LogP contribution in [0.2, 0.25) is 5.02 Å². The highest BCUT2D eigenvalue weighted by atomic mass is 35.5. The molecule has 0 heterocycles. The lowest BCUT2D eigenvalue weighted by atomic mass is 10.2. The van der Waals surface area contributed by atoms with Gasteiger partial charge in [-0.3, -0.25) is 9.59 Å². The zero-order valence-electron chi connectivity index (χ0n) is 7.03. The third-order valence-corrected chi connectivity index (χ3v) is 1.89. The zero-order chi connectivity index (χ0) is 9.84. The quantitative estimate of drug-likeness (QED) is 0.693. The molecule has 0 aliphatic rings. The summed E-state index contributed by atoms with van der Waals surface area (Å²) in [6, 6.07) is 4.77. The maximum Gasteiger partial charge on any atom is 0.213 e. The van der Waals surface area contributed by atoms with Crippen molar-refractivity contribution in [1.82, 2.24) is 0 Å². The van der Waals surface area contributed by atoms with Crippen molar-refractivity contribution in [3.63, 3.8) is 0 Å². The Balaban J connectivity index is 3.20. The predicted octanol–water partition coefficient (Wildman–Crippen LogP) is 1.75. The zero-order valence-corrected chi connectivity index (χ0v) is 7.78. The van der Waals surface area contributed by atoms with E-state index in [9.17, 15) is 9.59 Å². The number of nitrogens with zero attached hydrogens (tertiary/aromatic N) is 1. The van der Waals surface area contributed by atoms with E-state index in [1.54, 1.807) is 19.2 Å². The Hall–Kier alpha value is -1.35.